The molecular formula is C14H17N5O6. The molecule has 2 aromatic rings. The zero-order valence-corrected chi connectivity index (χ0v) is 13.2. The summed E-state index contributed by atoms with van der Waals surface area (Å²) in [5.74, 6) is -1.19. The van der Waals surface area contributed by atoms with Crippen LogP contribution in [0.25, 0.3) is 11.0 Å². The number of nitrogen functional groups attached to an aromatic ring is 1. The standard InChI is InChI=1S/C14H17N5O6/c1-14(24)9(22)6(3-20)25-13(14)19-2-5(11(16)23)8(21)7-10(15)17-4-18-12(7)19/h2,4,6,9,13,20,22,24H,3H2,1H3,(H2,16,23)(H2,15,17,18). The summed E-state index contributed by atoms with van der Waals surface area (Å²) in [6.07, 6.45) is -1.60. The Labute approximate surface area is 140 Å². The van der Waals surface area contributed by atoms with E-state index in [1.807, 2.05) is 0 Å². The highest BCUT2D eigenvalue weighted by Gasteiger charge is 2.53. The first-order chi connectivity index (χ1) is 11.7. The Kier molecular flexibility index (Phi) is 3.95. The molecule has 134 valence electrons. The van der Waals surface area contributed by atoms with E-state index >= 15 is 0 Å². The Morgan fingerprint density at radius 2 is 2.16 bits per heavy atom. The number of carbonyl (C=O) groups is 1. The van der Waals surface area contributed by atoms with Gasteiger partial charge in [0, 0.05) is 6.20 Å². The molecule has 1 aliphatic heterocycles. The fourth-order valence-electron chi connectivity index (χ4n) is 2.94. The fourth-order valence-corrected chi connectivity index (χ4v) is 2.94. The van der Waals surface area contributed by atoms with Crippen LogP contribution < -0.4 is 16.9 Å². The lowest BCUT2D eigenvalue weighted by Crippen LogP contribution is -2.44. The molecule has 0 saturated carbocycles. The normalized spacial score (nSPS) is 29.2. The van der Waals surface area contributed by atoms with Gasteiger partial charge in [0.1, 0.15) is 40.9 Å². The zero-order chi connectivity index (χ0) is 18.5. The van der Waals surface area contributed by atoms with Crippen molar-refractivity contribution in [3.8, 4) is 0 Å². The van der Waals surface area contributed by atoms with E-state index in [9.17, 15) is 24.9 Å². The first-order valence-electron chi connectivity index (χ1n) is 7.32. The molecule has 1 amide bonds. The summed E-state index contributed by atoms with van der Waals surface area (Å²) in [4.78, 5) is 31.8. The number of hydrogen-bond acceptors (Lipinski definition) is 9. The average Bonchev–Trinajstić information content (AvgIpc) is 2.78. The largest absolute Gasteiger partial charge is 0.394 e. The van der Waals surface area contributed by atoms with Crippen LogP contribution in [0.5, 0.6) is 0 Å². The minimum absolute atomic E-state index is 0.0152. The van der Waals surface area contributed by atoms with Gasteiger partial charge in [-0.05, 0) is 6.92 Å². The molecule has 4 atom stereocenters. The maximum Gasteiger partial charge on any atom is 0.254 e. The van der Waals surface area contributed by atoms with Gasteiger partial charge in [-0.1, -0.05) is 0 Å². The van der Waals surface area contributed by atoms with Crippen LogP contribution in [0, 0.1) is 0 Å². The second-order valence-electron chi connectivity index (χ2n) is 5.98. The number of fused-ring (bicyclic) bond motifs is 1. The van der Waals surface area contributed by atoms with E-state index < -0.39 is 47.5 Å². The molecule has 0 spiro atoms. The number of pyridine rings is 1. The Morgan fingerprint density at radius 3 is 2.72 bits per heavy atom. The van der Waals surface area contributed by atoms with E-state index in [4.69, 9.17) is 16.2 Å². The van der Waals surface area contributed by atoms with Gasteiger partial charge < -0.3 is 36.1 Å². The van der Waals surface area contributed by atoms with Crippen molar-refractivity contribution >= 4 is 22.8 Å². The third-order valence-corrected chi connectivity index (χ3v) is 4.29. The third-order valence-electron chi connectivity index (χ3n) is 4.29. The molecule has 0 aromatic carbocycles. The van der Waals surface area contributed by atoms with Gasteiger partial charge in [-0.15, -0.1) is 0 Å². The number of aromatic nitrogens is 3. The lowest BCUT2D eigenvalue weighted by atomic mass is 9.96. The van der Waals surface area contributed by atoms with Gasteiger partial charge in [0.05, 0.1) is 6.61 Å². The van der Waals surface area contributed by atoms with Crippen molar-refractivity contribution in [1.29, 1.82) is 0 Å². The third kappa shape index (κ3) is 2.44. The summed E-state index contributed by atoms with van der Waals surface area (Å²) in [6, 6.07) is 0. The second kappa shape index (κ2) is 5.74. The SMILES string of the molecule is CC1(O)C(O)C(CO)OC1n1cc(C(N)=O)c(=O)c2c(N)ncnc21. The van der Waals surface area contributed by atoms with Crippen molar-refractivity contribution in [3.05, 3.63) is 28.3 Å². The molecule has 1 fully saturated rings. The van der Waals surface area contributed by atoms with Crippen LogP contribution >= 0.6 is 0 Å². The smallest absolute Gasteiger partial charge is 0.254 e. The van der Waals surface area contributed by atoms with Gasteiger partial charge >= 0.3 is 0 Å². The fraction of sp³-hybridized carbons (Fsp3) is 0.429. The molecule has 11 heteroatoms. The number of anilines is 1. The van der Waals surface area contributed by atoms with Gasteiger partial charge in [0.2, 0.25) is 5.43 Å². The van der Waals surface area contributed by atoms with E-state index in [2.05, 4.69) is 9.97 Å². The number of ether oxygens (including phenoxy) is 1. The van der Waals surface area contributed by atoms with Crippen molar-refractivity contribution in [2.24, 2.45) is 5.73 Å². The molecule has 3 heterocycles. The van der Waals surface area contributed by atoms with Crippen LogP contribution in [0.2, 0.25) is 0 Å². The first-order valence-corrected chi connectivity index (χ1v) is 7.32. The number of aliphatic hydroxyl groups is 3. The molecule has 7 N–H and O–H groups in total. The highest BCUT2D eigenvalue weighted by Crippen LogP contribution is 2.39. The number of carbonyl (C=O) groups excluding carboxylic acids is 1. The van der Waals surface area contributed by atoms with E-state index in [1.165, 1.54) is 11.5 Å². The maximum atomic E-state index is 12.4. The molecule has 11 nitrogen and oxygen atoms in total. The van der Waals surface area contributed by atoms with Crippen molar-refractivity contribution in [2.45, 2.75) is 31.0 Å². The lowest BCUT2D eigenvalue weighted by molar-refractivity contribution is -0.0951. The summed E-state index contributed by atoms with van der Waals surface area (Å²) in [5.41, 5.74) is 7.94. The van der Waals surface area contributed by atoms with Gasteiger partial charge in [-0.2, -0.15) is 0 Å². The summed E-state index contributed by atoms with van der Waals surface area (Å²) in [6.45, 7) is 0.738. The summed E-state index contributed by atoms with van der Waals surface area (Å²) in [7, 11) is 0. The molecular weight excluding hydrogens is 334 g/mol. The van der Waals surface area contributed by atoms with Crippen molar-refractivity contribution in [3.63, 3.8) is 0 Å². The van der Waals surface area contributed by atoms with Crippen LogP contribution in [0.3, 0.4) is 0 Å². The molecule has 0 aliphatic carbocycles. The topological polar surface area (TPSA) is 187 Å². The quantitative estimate of drug-likeness (QED) is 0.397. The van der Waals surface area contributed by atoms with Crippen LogP contribution in [-0.2, 0) is 4.74 Å². The van der Waals surface area contributed by atoms with Gasteiger partial charge in [0.15, 0.2) is 11.9 Å². The zero-order valence-electron chi connectivity index (χ0n) is 13.2. The maximum absolute atomic E-state index is 12.4. The Balaban J connectivity index is 2.34. The van der Waals surface area contributed by atoms with Crippen LogP contribution in [0.1, 0.15) is 23.5 Å². The monoisotopic (exact) mass is 351 g/mol. The number of rotatable bonds is 3. The van der Waals surface area contributed by atoms with Crippen LogP contribution in [0.4, 0.5) is 5.82 Å². The highest BCUT2D eigenvalue weighted by atomic mass is 16.6. The Hall–Kier alpha value is -2.60. The lowest BCUT2D eigenvalue weighted by Gasteiger charge is -2.29. The summed E-state index contributed by atoms with van der Waals surface area (Å²) < 4.78 is 6.68. The Morgan fingerprint density at radius 1 is 1.48 bits per heavy atom. The van der Waals surface area contributed by atoms with Crippen LogP contribution in [0.15, 0.2) is 17.3 Å². The molecule has 1 aliphatic rings. The number of nitrogens with two attached hydrogens (primary N) is 2. The van der Waals surface area contributed by atoms with Crippen molar-refractivity contribution < 1.29 is 24.9 Å². The average molecular weight is 351 g/mol. The minimum Gasteiger partial charge on any atom is -0.394 e. The molecule has 3 rings (SSSR count). The summed E-state index contributed by atoms with van der Waals surface area (Å²) >= 11 is 0. The molecule has 2 aromatic heterocycles. The van der Waals surface area contributed by atoms with E-state index in [1.54, 1.807) is 0 Å². The van der Waals surface area contributed by atoms with E-state index in [-0.39, 0.29) is 16.9 Å². The van der Waals surface area contributed by atoms with Gasteiger partial charge in [-0.25, -0.2) is 9.97 Å². The van der Waals surface area contributed by atoms with Crippen molar-refractivity contribution in [2.75, 3.05) is 12.3 Å². The minimum atomic E-state index is -1.86. The predicted octanol–water partition coefficient (Wildman–Crippen LogP) is -2.53. The van der Waals surface area contributed by atoms with Crippen molar-refractivity contribution in [1.82, 2.24) is 14.5 Å². The summed E-state index contributed by atoms with van der Waals surface area (Å²) in [5, 5.41) is 29.9. The van der Waals surface area contributed by atoms with Gasteiger partial charge in [0.25, 0.3) is 5.91 Å². The molecule has 25 heavy (non-hydrogen) atoms. The van der Waals surface area contributed by atoms with E-state index in [0.29, 0.717) is 0 Å². The second-order valence-corrected chi connectivity index (χ2v) is 5.98. The van der Waals surface area contributed by atoms with Crippen LogP contribution in [-0.4, -0.2) is 60.2 Å². The highest BCUT2D eigenvalue weighted by molar-refractivity contribution is 5.97. The van der Waals surface area contributed by atoms with E-state index in [0.717, 1.165) is 12.5 Å². The number of hydrogen-bond donors (Lipinski definition) is 5. The number of aliphatic hydroxyl groups excluding tert-OH is 2. The molecule has 0 radical (unpaired) electrons. The number of nitrogens with zero attached hydrogens (tertiary/aromatic N) is 3. The number of primary amides is 1. The Bertz CT molecular complexity index is 910. The molecule has 0 bridgehead atoms. The predicted molar refractivity (Wildman–Crippen MR) is 84.4 cm³/mol. The number of amides is 1. The molecule has 1 saturated heterocycles. The first kappa shape index (κ1) is 17.2. The van der Waals surface area contributed by atoms with Gasteiger partial charge in [-0.3, -0.25) is 9.59 Å². The molecule has 4 unspecified atom stereocenters.